The van der Waals surface area contributed by atoms with Gasteiger partial charge in [-0.2, -0.15) is 0 Å². The molecule has 0 radical (unpaired) electrons. The lowest BCUT2D eigenvalue weighted by Gasteiger charge is -2.18. The number of hydrogen-bond donors (Lipinski definition) is 0. The van der Waals surface area contributed by atoms with Gasteiger partial charge in [0.2, 0.25) is 0 Å². The standard InChI is InChI=1S/C57H100O6/c1-4-7-10-13-16-19-21-22-23-24-25-26-27-28-29-30-31-32-33-34-36-38-41-44-47-50-56(59)62-53-54(52-61-55(58)49-46-43-40-37-18-15-12-9-6-3)63-57(60)51-48-45-42-39-35-20-17-14-11-8-5-2/h7,10,14,16-17,19,22-23,25-26,54H,4-6,8-9,11-13,15,18,20-21,24,27-53H2,1-3H3/b10-7-,17-14-,19-16-,23-22-,26-25-. The van der Waals surface area contributed by atoms with E-state index in [2.05, 4.69) is 81.5 Å². The molecule has 364 valence electrons. The molecule has 0 bridgehead atoms. The van der Waals surface area contributed by atoms with Crippen LogP contribution < -0.4 is 0 Å². The number of ether oxygens (including phenoxy) is 3. The summed E-state index contributed by atoms with van der Waals surface area (Å²) in [6.45, 7) is 6.47. The Labute approximate surface area is 390 Å². The molecule has 6 heteroatoms. The smallest absolute Gasteiger partial charge is 0.306 e. The molecule has 6 nitrogen and oxygen atoms in total. The fraction of sp³-hybridized carbons (Fsp3) is 0.772. The van der Waals surface area contributed by atoms with Crippen LogP contribution in [0, 0.1) is 0 Å². The molecule has 0 rings (SSSR count). The maximum Gasteiger partial charge on any atom is 0.306 e. The Kier molecular flexibility index (Phi) is 49.4. The molecule has 0 aromatic heterocycles. The van der Waals surface area contributed by atoms with E-state index in [1.165, 1.54) is 128 Å². The van der Waals surface area contributed by atoms with Gasteiger partial charge in [-0.3, -0.25) is 14.4 Å². The number of unbranched alkanes of at least 4 members (excludes halogenated alkanes) is 27. The van der Waals surface area contributed by atoms with Crippen molar-refractivity contribution in [3.05, 3.63) is 60.8 Å². The van der Waals surface area contributed by atoms with Crippen LogP contribution in [0.15, 0.2) is 60.8 Å². The van der Waals surface area contributed by atoms with Gasteiger partial charge in [-0.15, -0.1) is 0 Å². The Bertz CT molecular complexity index is 1150. The molecule has 1 unspecified atom stereocenters. The molecule has 0 aromatic carbocycles. The van der Waals surface area contributed by atoms with Crippen molar-refractivity contribution >= 4 is 17.9 Å². The first-order chi connectivity index (χ1) is 31.0. The maximum atomic E-state index is 12.7. The quantitative estimate of drug-likeness (QED) is 0.0262. The van der Waals surface area contributed by atoms with Crippen molar-refractivity contribution in [2.75, 3.05) is 13.2 Å². The third-order valence-corrected chi connectivity index (χ3v) is 11.5. The summed E-state index contributed by atoms with van der Waals surface area (Å²) < 4.78 is 16.8. The Balaban J connectivity index is 4.16. The minimum Gasteiger partial charge on any atom is -0.462 e. The molecule has 0 aliphatic carbocycles. The van der Waals surface area contributed by atoms with Gasteiger partial charge in [-0.05, 0) is 77.0 Å². The zero-order valence-corrected chi connectivity index (χ0v) is 41.6. The van der Waals surface area contributed by atoms with Crippen LogP contribution in [0.5, 0.6) is 0 Å². The molecule has 0 aliphatic rings. The molecule has 0 spiro atoms. The molecule has 0 saturated carbocycles. The molecule has 63 heavy (non-hydrogen) atoms. The van der Waals surface area contributed by atoms with Crippen LogP contribution in [0.2, 0.25) is 0 Å². The highest BCUT2D eigenvalue weighted by Crippen LogP contribution is 2.15. The number of esters is 3. The van der Waals surface area contributed by atoms with Crippen molar-refractivity contribution in [3.8, 4) is 0 Å². The average Bonchev–Trinajstić information content (AvgIpc) is 3.28. The van der Waals surface area contributed by atoms with E-state index >= 15 is 0 Å². The number of allylic oxidation sites excluding steroid dienone is 10. The van der Waals surface area contributed by atoms with Gasteiger partial charge in [-0.25, -0.2) is 0 Å². The Morgan fingerprint density at radius 1 is 0.333 bits per heavy atom. The number of carbonyl (C=O) groups excluding carboxylic acids is 3. The summed E-state index contributed by atoms with van der Waals surface area (Å²) in [6, 6.07) is 0. The monoisotopic (exact) mass is 881 g/mol. The van der Waals surface area contributed by atoms with E-state index in [4.69, 9.17) is 14.2 Å². The van der Waals surface area contributed by atoms with Crippen molar-refractivity contribution in [1.82, 2.24) is 0 Å². The van der Waals surface area contributed by atoms with E-state index in [0.717, 1.165) is 96.3 Å². The average molecular weight is 881 g/mol. The predicted octanol–water partition coefficient (Wildman–Crippen LogP) is 17.6. The lowest BCUT2D eigenvalue weighted by atomic mass is 10.0. The lowest BCUT2D eigenvalue weighted by molar-refractivity contribution is -0.167. The van der Waals surface area contributed by atoms with E-state index < -0.39 is 6.10 Å². The zero-order chi connectivity index (χ0) is 45.8. The number of rotatable bonds is 48. The fourth-order valence-corrected chi connectivity index (χ4v) is 7.47. The lowest BCUT2D eigenvalue weighted by Crippen LogP contribution is -2.30. The first-order valence-corrected chi connectivity index (χ1v) is 26.8. The van der Waals surface area contributed by atoms with E-state index in [9.17, 15) is 14.4 Å². The highest BCUT2D eigenvalue weighted by atomic mass is 16.6. The summed E-state index contributed by atoms with van der Waals surface area (Å²) in [5, 5.41) is 0. The van der Waals surface area contributed by atoms with Crippen molar-refractivity contribution in [2.45, 2.75) is 271 Å². The van der Waals surface area contributed by atoms with Gasteiger partial charge in [0.25, 0.3) is 0 Å². The third-order valence-electron chi connectivity index (χ3n) is 11.5. The van der Waals surface area contributed by atoms with Gasteiger partial charge in [0, 0.05) is 19.3 Å². The SMILES string of the molecule is CC/C=C\C/C=C\C/C=C\C/C=C\CCCCCCCCCCCCCCC(=O)OCC(COC(=O)CCCCCCCCCCC)OC(=O)CCCCCCC/C=C\CCCC. The minimum absolute atomic E-state index is 0.0757. The van der Waals surface area contributed by atoms with Gasteiger partial charge in [0.1, 0.15) is 13.2 Å². The van der Waals surface area contributed by atoms with Gasteiger partial charge < -0.3 is 14.2 Å². The van der Waals surface area contributed by atoms with Crippen molar-refractivity contribution < 1.29 is 28.6 Å². The van der Waals surface area contributed by atoms with Gasteiger partial charge in [-0.1, -0.05) is 229 Å². The van der Waals surface area contributed by atoms with Crippen LogP contribution in [-0.4, -0.2) is 37.2 Å². The summed E-state index contributed by atoms with van der Waals surface area (Å²) in [6.07, 6.45) is 63.6. The molecule has 0 heterocycles. The molecular weight excluding hydrogens is 781 g/mol. The van der Waals surface area contributed by atoms with Crippen LogP contribution in [0.1, 0.15) is 265 Å². The van der Waals surface area contributed by atoms with Gasteiger partial charge >= 0.3 is 17.9 Å². The topological polar surface area (TPSA) is 78.9 Å². The van der Waals surface area contributed by atoms with Crippen molar-refractivity contribution in [2.24, 2.45) is 0 Å². The Morgan fingerprint density at radius 3 is 1.03 bits per heavy atom. The predicted molar refractivity (Wildman–Crippen MR) is 270 cm³/mol. The second-order valence-corrected chi connectivity index (χ2v) is 17.8. The summed E-state index contributed by atoms with van der Waals surface area (Å²) in [4.78, 5) is 37.9. The minimum atomic E-state index is -0.774. The first kappa shape index (κ1) is 60.1. The number of hydrogen-bond acceptors (Lipinski definition) is 6. The fourth-order valence-electron chi connectivity index (χ4n) is 7.47. The summed E-state index contributed by atoms with van der Waals surface area (Å²) in [7, 11) is 0. The normalized spacial score (nSPS) is 12.5. The first-order valence-electron chi connectivity index (χ1n) is 26.8. The molecular formula is C57H100O6. The molecule has 0 amide bonds. The molecule has 1 atom stereocenters. The summed E-state index contributed by atoms with van der Waals surface area (Å²) in [5.74, 6) is -0.885. The second kappa shape index (κ2) is 51.7. The van der Waals surface area contributed by atoms with Crippen LogP contribution >= 0.6 is 0 Å². The van der Waals surface area contributed by atoms with Gasteiger partial charge in [0.15, 0.2) is 6.10 Å². The van der Waals surface area contributed by atoms with Crippen LogP contribution in [0.4, 0.5) is 0 Å². The zero-order valence-electron chi connectivity index (χ0n) is 41.6. The molecule has 0 saturated heterocycles. The molecule has 0 N–H and O–H groups in total. The largest absolute Gasteiger partial charge is 0.462 e. The van der Waals surface area contributed by atoms with Crippen LogP contribution in [-0.2, 0) is 28.6 Å². The Morgan fingerprint density at radius 2 is 0.635 bits per heavy atom. The van der Waals surface area contributed by atoms with Crippen molar-refractivity contribution in [1.29, 1.82) is 0 Å². The molecule has 0 aliphatic heterocycles. The highest BCUT2D eigenvalue weighted by Gasteiger charge is 2.19. The number of carbonyl (C=O) groups is 3. The second-order valence-electron chi connectivity index (χ2n) is 17.8. The van der Waals surface area contributed by atoms with E-state index in [1.54, 1.807) is 0 Å². The van der Waals surface area contributed by atoms with E-state index in [-0.39, 0.29) is 31.1 Å². The van der Waals surface area contributed by atoms with Crippen LogP contribution in [0.3, 0.4) is 0 Å². The summed E-state index contributed by atoms with van der Waals surface area (Å²) >= 11 is 0. The molecule has 0 fully saturated rings. The molecule has 0 aromatic rings. The third kappa shape index (κ3) is 50.0. The van der Waals surface area contributed by atoms with Crippen molar-refractivity contribution in [3.63, 3.8) is 0 Å². The maximum absolute atomic E-state index is 12.7. The highest BCUT2D eigenvalue weighted by molar-refractivity contribution is 5.71. The van der Waals surface area contributed by atoms with E-state index in [0.29, 0.717) is 19.3 Å². The van der Waals surface area contributed by atoms with Gasteiger partial charge in [0.05, 0.1) is 0 Å². The Hall–Kier alpha value is -2.89. The van der Waals surface area contributed by atoms with E-state index in [1.807, 2.05) is 0 Å². The summed E-state index contributed by atoms with van der Waals surface area (Å²) in [5.41, 5.74) is 0. The van der Waals surface area contributed by atoms with Crippen LogP contribution in [0.25, 0.3) is 0 Å².